The van der Waals surface area contributed by atoms with E-state index in [4.69, 9.17) is 4.42 Å². The van der Waals surface area contributed by atoms with Crippen molar-refractivity contribution in [2.45, 2.75) is 12.3 Å². The second-order valence-electron chi connectivity index (χ2n) is 10.3. The highest BCUT2D eigenvalue weighted by atomic mass is 16.3. The lowest BCUT2D eigenvalue weighted by atomic mass is 10.00. The van der Waals surface area contributed by atoms with Crippen molar-refractivity contribution in [3.8, 4) is 0 Å². The molecule has 1 aliphatic rings. The van der Waals surface area contributed by atoms with Gasteiger partial charge >= 0.3 is 0 Å². The smallest absolute Gasteiger partial charge is 0.162 e. The summed E-state index contributed by atoms with van der Waals surface area (Å²) >= 11 is 0. The third-order valence-electron chi connectivity index (χ3n) is 8.12. The molecule has 8 rings (SSSR count). The normalized spacial score (nSPS) is 18.1. The average molecular weight is 506 g/mol. The minimum absolute atomic E-state index is 0.0961. The second-order valence-corrected chi connectivity index (χ2v) is 10.3. The number of fused-ring (bicyclic) bond motifs is 7. The van der Waals surface area contributed by atoms with E-state index in [1.165, 1.54) is 22.0 Å². The van der Waals surface area contributed by atoms with Crippen molar-refractivity contribution in [1.29, 1.82) is 0 Å². The van der Waals surface area contributed by atoms with E-state index >= 15 is 0 Å². The van der Waals surface area contributed by atoms with Gasteiger partial charge in [-0.3, -0.25) is 4.90 Å². The molecule has 2 aromatic heterocycles. The van der Waals surface area contributed by atoms with Crippen molar-refractivity contribution < 1.29 is 4.42 Å². The highest BCUT2D eigenvalue weighted by molar-refractivity contribution is 6.23. The zero-order valence-corrected chi connectivity index (χ0v) is 21.6. The minimum atomic E-state index is -0.125. The van der Waals surface area contributed by atoms with Crippen LogP contribution in [0.1, 0.15) is 23.5 Å². The van der Waals surface area contributed by atoms with Crippen LogP contribution in [0.3, 0.4) is 0 Å². The van der Waals surface area contributed by atoms with E-state index in [2.05, 4.69) is 143 Å². The molecule has 0 amide bonds. The number of para-hydroxylation sites is 2. The molecule has 3 heterocycles. The first-order valence-corrected chi connectivity index (χ1v) is 13.4. The summed E-state index contributed by atoms with van der Waals surface area (Å²) in [5.74, 6) is 0. The Labute approximate surface area is 226 Å². The van der Waals surface area contributed by atoms with Crippen LogP contribution < -0.4 is 5.32 Å². The van der Waals surface area contributed by atoms with Gasteiger partial charge in [-0.1, -0.05) is 97.1 Å². The summed E-state index contributed by atoms with van der Waals surface area (Å²) in [5, 5.41) is 8.55. The van der Waals surface area contributed by atoms with Gasteiger partial charge in [0.05, 0.1) is 22.5 Å². The van der Waals surface area contributed by atoms with Crippen LogP contribution in [0.25, 0.3) is 49.4 Å². The Morgan fingerprint density at radius 1 is 0.641 bits per heavy atom. The van der Waals surface area contributed by atoms with E-state index < -0.39 is 0 Å². The number of nitrogens with one attached hydrogen (secondary N) is 1. The van der Waals surface area contributed by atoms with E-state index in [0.717, 1.165) is 38.5 Å². The number of aromatic nitrogens is 1. The summed E-state index contributed by atoms with van der Waals surface area (Å²) in [4.78, 5) is 2.41. The molecule has 0 saturated carbocycles. The van der Waals surface area contributed by atoms with E-state index in [9.17, 15) is 0 Å². The molecule has 0 bridgehead atoms. The molecule has 1 aliphatic heterocycles. The van der Waals surface area contributed by atoms with Crippen LogP contribution in [0.2, 0.25) is 0 Å². The Balaban J connectivity index is 1.40. The van der Waals surface area contributed by atoms with Crippen molar-refractivity contribution in [2.75, 3.05) is 7.05 Å². The highest BCUT2D eigenvalue weighted by Crippen LogP contribution is 2.43. The topological polar surface area (TPSA) is 33.3 Å². The van der Waals surface area contributed by atoms with Gasteiger partial charge in [-0.25, -0.2) is 0 Å². The van der Waals surface area contributed by atoms with Crippen LogP contribution in [0.5, 0.6) is 0 Å². The summed E-state index contributed by atoms with van der Waals surface area (Å²) in [7, 11) is 2.20. The van der Waals surface area contributed by atoms with Crippen molar-refractivity contribution in [3.05, 3.63) is 139 Å². The van der Waals surface area contributed by atoms with Gasteiger partial charge in [-0.2, -0.15) is 0 Å². The molecule has 4 heteroatoms. The molecule has 188 valence electrons. The highest BCUT2D eigenvalue weighted by Gasteiger charge is 2.32. The molecule has 4 nitrogen and oxygen atoms in total. The standard InChI is InChI=1S/C35H27N3O/c1-37-31(24-14-6-3-7-15-24)22-28(23-12-4-2-5-13-23)36-35(37)38-29-18-10-8-17-27(29)33-30(38)21-20-26-25-16-9-11-19-32(25)39-34(26)33/h2-22,31,35-36H,1H3. The average Bonchev–Trinajstić information content (AvgIpc) is 3.54. The summed E-state index contributed by atoms with van der Waals surface area (Å²) in [5.41, 5.74) is 7.75. The fraction of sp³-hybridized carbons (Fsp3) is 0.0857. The summed E-state index contributed by atoms with van der Waals surface area (Å²) in [6.45, 7) is 0. The minimum Gasteiger partial charge on any atom is -0.455 e. The summed E-state index contributed by atoms with van der Waals surface area (Å²) in [6, 6.07) is 42.9. The fourth-order valence-corrected chi connectivity index (χ4v) is 6.27. The fourth-order valence-electron chi connectivity index (χ4n) is 6.27. The Morgan fingerprint density at radius 3 is 2.15 bits per heavy atom. The predicted octanol–water partition coefficient (Wildman–Crippen LogP) is 8.47. The van der Waals surface area contributed by atoms with E-state index in [1.807, 2.05) is 6.07 Å². The number of benzene rings is 5. The van der Waals surface area contributed by atoms with Crippen LogP contribution >= 0.6 is 0 Å². The van der Waals surface area contributed by atoms with Gasteiger partial charge < -0.3 is 14.3 Å². The van der Waals surface area contributed by atoms with Gasteiger partial charge in [-0.15, -0.1) is 0 Å². The molecule has 0 spiro atoms. The van der Waals surface area contributed by atoms with E-state index in [-0.39, 0.29) is 12.3 Å². The van der Waals surface area contributed by atoms with Crippen LogP contribution in [-0.4, -0.2) is 16.5 Å². The lowest BCUT2D eigenvalue weighted by molar-refractivity contribution is 0.124. The van der Waals surface area contributed by atoms with Gasteiger partial charge in [0.1, 0.15) is 11.2 Å². The van der Waals surface area contributed by atoms with E-state index in [1.54, 1.807) is 0 Å². The van der Waals surface area contributed by atoms with Crippen molar-refractivity contribution in [1.82, 2.24) is 14.8 Å². The van der Waals surface area contributed by atoms with Gasteiger partial charge in [0, 0.05) is 21.9 Å². The molecule has 2 unspecified atom stereocenters. The van der Waals surface area contributed by atoms with Crippen LogP contribution in [0.4, 0.5) is 0 Å². The Bertz CT molecular complexity index is 2020. The maximum Gasteiger partial charge on any atom is 0.162 e. The van der Waals surface area contributed by atoms with Crippen molar-refractivity contribution in [2.24, 2.45) is 0 Å². The molecule has 2 atom stereocenters. The predicted molar refractivity (Wildman–Crippen MR) is 160 cm³/mol. The molecule has 1 N–H and O–H groups in total. The Hall–Kier alpha value is -4.80. The summed E-state index contributed by atoms with van der Waals surface area (Å²) < 4.78 is 8.96. The molecule has 0 aliphatic carbocycles. The monoisotopic (exact) mass is 505 g/mol. The molecule has 39 heavy (non-hydrogen) atoms. The SMILES string of the molecule is CN1C(c2ccccc2)C=C(c2ccccc2)NC1n1c2ccccc2c2c3oc4ccccc4c3ccc21. The molecule has 0 radical (unpaired) electrons. The third kappa shape index (κ3) is 3.35. The lowest BCUT2D eigenvalue weighted by Crippen LogP contribution is -2.44. The Kier molecular flexibility index (Phi) is 4.91. The van der Waals surface area contributed by atoms with Gasteiger partial charge in [0.15, 0.2) is 6.29 Å². The third-order valence-corrected chi connectivity index (χ3v) is 8.12. The first kappa shape index (κ1) is 22.2. The molecule has 0 saturated heterocycles. The number of rotatable bonds is 3. The van der Waals surface area contributed by atoms with Gasteiger partial charge in [0.25, 0.3) is 0 Å². The number of furan rings is 1. The van der Waals surface area contributed by atoms with E-state index in [0.29, 0.717) is 0 Å². The maximum absolute atomic E-state index is 6.52. The van der Waals surface area contributed by atoms with Gasteiger partial charge in [-0.05, 0) is 48.5 Å². The molecule has 7 aromatic rings. The number of likely N-dealkylation sites (N-methyl/N-ethyl adjacent to an activating group) is 1. The Morgan fingerprint density at radius 2 is 1.33 bits per heavy atom. The van der Waals surface area contributed by atoms with Crippen LogP contribution in [0, 0.1) is 0 Å². The molecular formula is C35H27N3O. The van der Waals surface area contributed by atoms with Crippen LogP contribution in [-0.2, 0) is 0 Å². The van der Waals surface area contributed by atoms with Crippen molar-refractivity contribution >= 4 is 49.4 Å². The molecule has 5 aromatic carbocycles. The number of hydrogen-bond acceptors (Lipinski definition) is 3. The zero-order valence-electron chi connectivity index (χ0n) is 21.6. The molecular weight excluding hydrogens is 478 g/mol. The summed E-state index contributed by atoms with van der Waals surface area (Å²) in [6.07, 6.45) is 2.21. The first-order valence-electron chi connectivity index (χ1n) is 13.4. The largest absolute Gasteiger partial charge is 0.455 e. The number of nitrogens with zero attached hydrogens (tertiary/aromatic N) is 2. The van der Waals surface area contributed by atoms with Crippen molar-refractivity contribution in [3.63, 3.8) is 0 Å². The maximum atomic E-state index is 6.52. The van der Waals surface area contributed by atoms with Gasteiger partial charge in [0.2, 0.25) is 0 Å². The lowest BCUT2D eigenvalue weighted by Gasteiger charge is -2.41. The molecule has 0 fully saturated rings. The zero-order chi connectivity index (χ0) is 25.9. The number of hydrogen-bond donors (Lipinski definition) is 1. The quantitative estimate of drug-likeness (QED) is 0.261. The van der Waals surface area contributed by atoms with Crippen LogP contribution in [0.15, 0.2) is 132 Å². The first-order chi connectivity index (χ1) is 19.3. The second kappa shape index (κ2) is 8.62.